The third-order valence-electron chi connectivity index (χ3n) is 8.54. The van der Waals surface area contributed by atoms with E-state index in [1.54, 1.807) is 0 Å². The van der Waals surface area contributed by atoms with E-state index < -0.39 is 0 Å². The highest BCUT2D eigenvalue weighted by molar-refractivity contribution is 6.22. The molecular formula is C42H26N6. The van der Waals surface area contributed by atoms with Crippen molar-refractivity contribution in [2.45, 2.75) is 0 Å². The molecule has 0 N–H and O–H groups in total. The lowest BCUT2D eigenvalue weighted by Crippen LogP contribution is -2.15. The van der Waals surface area contributed by atoms with Crippen LogP contribution in [0, 0.1) is 0 Å². The summed E-state index contributed by atoms with van der Waals surface area (Å²) in [6, 6.07) is 49.0. The molecule has 0 spiro atoms. The van der Waals surface area contributed by atoms with E-state index in [0.29, 0.717) is 45.6 Å². The molecule has 1 aliphatic rings. The van der Waals surface area contributed by atoms with E-state index in [0.717, 1.165) is 44.1 Å². The number of hydrogen-bond acceptors (Lipinski definition) is 6. The molecule has 0 unspecified atom stereocenters. The molecule has 0 atom stereocenters. The summed E-state index contributed by atoms with van der Waals surface area (Å²) in [5.41, 5.74) is 11.2. The van der Waals surface area contributed by atoms with Crippen molar-refractivity contribution in [3.05, 3.63) is 181 Å². The number of hydrogen-bond donors (Lipinski definition) is 0. The Kier molecular flexibility index (Phi) is 6.68. The quantitative estimate of drug-likeness (QED) is 0.198. The van der Waals surface area contributed by atoms with Crippen LogP contribution in [0.2, 0.25) is 0 Å². The minimum Gasteiger partial charge on any atom is -0.254 e. The van der Waals surface area contributed by atoms with Crippen molar-refractivity contribution in [3.63, 3.8) is 0 Å². The SMILES string of the molecule is c1ccc(-c2ccnc(C3=Nc4cc5ccccc5nc4C(c4cc(-c5ccccc5)ccn4)=Nc4cc5ccccc5nc43)c2)cc1. The van der Waals surface area contributed by atoms with Gasteiger partial charge >= 0.3 is 0 Å². The van der Waals surface area contributed by atoms with Crippen molar-refractivity contribution < 1.29 is 0 Å². The molecule has 8 aromatic rings. The fraction of sp³-hybridized carbons (Fsp3) is 0. The van der Waals surface area contributed by atoms with Crippen molar-refractivity contribution in [1.82, 2.24) is 19.9 Å². The minimum absolute atomic E-state index is 0.626. The van der Waals surface area contributed by atoms with Gasteiger partial charge in [-0.05, 0) is 70.8 Å². The van der Waals surface area contributed by atoms with E-state index in [9.17, 15) is 0 Å². The zero-order valence-electron chi connectivity index (χ0n) is 25.7. The summed E-state index contributed by atoms with van der Waals surface area (Å²) < 4.78 is 0. The van der Waals surface area contributed by atoms with Gasteiger partial charge in [0.1, 0.15) is 22.8 Å². The molecule has 4 aromatic carbocycles. The maximum Gasteiger partial charge on any atom is 0.117 e. The van der Waals surface area contributed by atoms with Crippen molar-refractivity contribution in [3.8, 4) is 22.3 Å². The number of aliphatic imine (C=N–C) groups is 2. The highest BCUT2D eigenvalue weighted by atomic mass is 14.9. The van der Waals surface area contributed by atoms with Gasteiger partial charge in [-0.3, -0.25) is 9.97 Å². The lowest BCUT2D eigenvalue weighted by atomic mass is 10.00. The summed E-state index contributed by atoms with van der Waals surface area (Å²) >= 11 is 0. The standard InChI is InChI=1S/C42H26N6/c1-3-11-27(12-4-1)29-19-21-43-35(23-29)39-41-37(25-31-15-7-9-17-33(31)45-41)48-40(36-24-30(20-22-44-36)28-13-5-2-6-14-28)42-38(47-39)26-32-16-8-10-18-34(32)46-42/h1-26H. The highest BCUT2D eigenvalue weighted by Gasteiger charge is 2.25. The second-order valence-electron chi connectivity index (χ2n) is 11.6. The summed E-state index contributed by atoms with van der Waals surface area (Å²) in [7, 11) is 0. The van der Waals surface area contributed by atoms with E-state index >= 15 is 0 Å². The topological polar surface area (TPSA) is 76.3 Å². The van der Waals surface area contributed by atoms with Crippen molar-refractivity contribution >= 4 is 44.6 Å². The van der Waals surface area contributed by atoms with Gasteiger partial charge in [-0.1, -0.05) is 97.1 Å². The molecule has 9 rings (SSSR count). The van der Waals surface area contributed by atoms with Gasteiger partial charge in [0.05, 0.1) is 33.8 Å². The van der Waals surface area contributed by atoms with Gasteiger partial charge in [0.2, 0.25) is 0 Å². The molecule has 6 heteroatoms. The molecule has 224 valence electrons. The fourth-order valence-corrected chi connectivity index (χ4v) is 6.17. The Morgan fingerprint density at radius 2 is 0.771 bits per heavy atom. The predicted molar refractivity (Wildman–Crippen MR) is 193 cm³/mol. The Hall–Kier alpha value is -6.66. The van der Waals surface area contributed by atoms with Crippen LogP contribution in [-0.4, -0.2) is 31.4 Å². The van der Waals surface area contributed by atoms with Gasteiger partial charge in [-0.25, -0.2) is 20.0 Å². The molecule has 48 heavy (non-hydrogen) atoms. The number of nitrogens with zero attached hydrogens (tertiary/aromatic N) is 6. The van der Waals surface area contributed by atoms with Gasteiger partial charge in [-0.2, -0.15) is 0 Å². The summed E-state index contributed by atoms with van der Waals surface area (Å²) in [6.07, 6.45) is 3.65. The van der Waals surface area contributed by atoms with Crippen molar-refractivity contribution in [1.29, 1.82) is 0 Å². The Balaban J connectivity index is 1.34. The number of fused-ring (bicyclic) bond motifs is 4. The average molecular weight is 615 g/mol. The molecule has 0 aliphatic carbocycles. The van der Waals surface area contributed by atoms with Gasteiger partial charge in [0, 0.05) is 23.2 Å². The molecule has 0 amide bonds. The predicted octanol–water partition coefficient (Wildman–Crippen LogP) is 9.56. The number of para-hydroxylation sites is 2. The van der Waals surface area contributed by atoms with Gasteiger partial charge < -0.3 is 0 Å². The van der Waals surface area contributed by atoms with Crippen LogP contribution in [0.5, 0.6) is 0 Å². The second kappa shape index (κ2) is 11.6. The van der Waals surface area contributed by atoms with Crippen LogP contribution < -0.4 is 0 Å². The van der Waals surface area contributed by atoms with Gasteiger partial charge in [0.25, 0.3) is 0 Å². The Morgan fingerprint density at radius 1 is 0.354 bits per heavy atom. The highest BCUT2D eigenvalue weighted by Crippen LogP contribution is 2.35. The molecule has 0 saturated carbocycles. The average Bonchev–Trinajstić information content (AvgIpc) is 3.15. The maximum absolute atomic E-state index is 5.38. The molecule has 0 radical (unpaired) electrons. The molecule has 6 nitrogen and oxygen atoms in total. The van der Waals surface area contributed by atoms with E-state index in [2.05, 4.69) is 60.7 Å². The van der Waals surface area contributed by atoms with Crippen LogP contribution in [0.1, 0.15) is 22.8 Å². The molecule has 4 aromatic heterocycles. The first kappa shape index (κ1) is 27.6. The first-order valence-electron chi connectivity index (χ1n) is 15.8. The van der Waals surface area contributed by atoms with Gasteiger partial charge in [-0.15, -0.1) is 0 Å². The van der Waals surface area contributed by atoms with Crippen LogP contribution in [0.3, 0.4) is 0 Å². The summed E-state index contributed by atoms with van der Waals surface area (Å²) in [5, 5.41) is 1.95. The Morgan fingerprint density at radius 3 is 1.23 bits per heavy atom. The molecule has 0 fully saturated rings. The van der Waals surface area contributed by atoms with E-state index in [-0.39, 0.29) is 0 Å². The van der Waals surface area contributed by atoms with Gasteiger partial charge in [0.15, 0.2) is 0 Å². The zero-order valence-corrected chi connectivity index (χ0v) is 25.7. The van der Waals surface area contributed by atoms with Crippen molar-refractivity contribution in [2.24, 2.45) is 9.98 Å². The number of pyridine rings is 4. The fourth-order valence-electron chi connectivity index (χ4n) is 6.17. The van der Waals surface area contributed by atoms with Crippen LogP contribution in [0.15, 0.2) is 168 Å². The summed E-state index contributed by atoms with van der Waals surface area (Å²) in [4.78, 5) is 30.8. The van der Waals surface area contributed by atoms with Crippen LogP contribution in [0.4, 0.5) is 11.4 Å². The number of aromatic nitrogens is 4. The lowest BCUT2D eigenvalue weighted by Gasteiger charge is -2.18. The largest absolute Gasteiger partial charge is 0.254 e. The third-order valence-corrected chi connectivity index (χ3v) is 8.54. The number of benzene rings is 4. The van der Waals surface area contributed by atoms with E-state index in [4.69, 9.17) is 29.9 Å². The van der Waals surface area contributed by atoms with Crippen LogP contribution in [-0.2, 0) is 0 Å². The second-order valence-corrected chi connectivity index (χ2v) is 11.6. The smallest absolute Gasteiger partial charge is 0.117 e. The lowest BCUT2D eigenvalue weighted by molar-refractivity contribution is 1.22. The maximum atomic E-state index is 5.38. The van der Waals surface area contributed by atoms with E-state index in [1.165, 1.54) is 0 Å². The summed E-state index contributed by atoms with van der Waals surface area (Å²) in [5.74, 6) is 0. The van der Waals surface area contributed by atoms with Crippen molar-refractivity contribution in [2.75, 3.05) is 0 Å². The molecular weight excluding hydrogens is 589 g/mol. The Bertz CT molecular complexity index is 2380. The molecule has 0 bridgehead atoms. The third kappa shape index (κ3) is 5.02. The first-order valence-corrected chi connectivity index (χ1v) is 15.8. The molecule has 0 saturated heterocycles. The van der Waals surface area contributed by atoms with E-state index in [1.807, 2.05) is 97.3 Å². The minimum atomic E-state index is 0.626. The number of rotatable bonds is 4. The molecule has 1 aliphatic heterocycles. The monoisotopic (exact) mass is 614 g/mol. The Labute approximate surface area is 276 Å². The van der Waals surface area contributed by atoms with Crippen LogP contribution in [0.25, 0.3) is 44.1 Å². The first-order chi connectivity index (χ1) is 23.8. The van der Waals surface area contributed by atoms with Crippen LogP contribution >= 0.6 is 0 Å². The zero-order chi connectivity index (χ0) is 31.9. The normalized spacial score (nSPS) is 12.4. The molecule has 5 heterocycles. The summed E-state index contributed by atoms with van der Waals surface area (Å²) in [6.45, 7) is 0.